The summed E-state index contributed by atoms with van der Waals surface area (Å²) in [5, 5.41) is 2.74. The van der Waals surface area contributed by atoms with E-state index in [1.54, 1.807) is 6.07 Å². The van der Waals surface area contributed by atoms with Crippen molar-refractivity contribution in [3.63, 3.8) is 0 Å². The molecule has 1 fully saturated rings. The van der Waals surface area contributed by atoms with Gasteiger partial charge in [0.25, 0.3) is 0 Å². The first-order valence-electron chi connectivity index (χ1n) is 8.98. The molecular formula is C20H22FN3O4S. The normalized spacial score (nSPS) is 20.5. The van der Waals surface area contributed by atoms with Crippen LogP contribution in [-0.2, 0) is 26.2 Å². The van der Waals surface area contributed by atoms with Crippen molar-refractivity contribution in [3.05, 3.63) is 66.0 Å². The standard InChI is InChI=1S/C20H22FN3O4S/c1-20(19(26)22-12-15-8-4-3-5-9-15)14-23(29(2,27)28)13-18(25)24(20)17-11-7-6-10-16(17)21/h3-11H,12-14H2,1-2H3,(H,22,26)/t20-/m0/s1. The Morgan fingerprint density at radius 1 is 1.14 bits per heavy atom. The third-order valence-electron chi connectivity index (χ3n) is 4.89. The maximum Gasteiger partial charge on any atom is 0.247 e. The molecule has 0 bridgehead atoms. The van der Waals surface area contributed by atoms with Crippen LogP contribution in [0.2, 0.25) is 0 Å². The van der Waals surface area contributed by atoms with Gasteiger partial charge in [0.15, 0.2) is 0 Å². The van der Waals surface area contributed by atoms with E-state index in [0.29, 0.717) is 0 Å². The molecule has 9 heteroatoms. The van der Waals surface area contributed by atoms with Gasteiger partial charge in [0, 0.05) is 13.1 Å². The number of nitrogens with zero attached hydrogens (tertiary/aromatic N) is 2. The molecule has 1 heterocycles. The lowest BCUT2D eigenvalue weighted by Gasteiger charge is -2.46. The van der Waals surface area contributed by atoms with Gasteiger partial charge in [-0.1, -0.05) is 42.5 Å². The van der Waals surface area contributed by atoms with Gasteiger partial charge in [-0.3, -0.25) is 14.5 Å². The Labute approximate surface area is 169 Å². The predicted molar refractivity (Wildman–Crippen MR) is 107 cm³/mol. The molecule has 29 heavy (non-hydrogen) atoms. The van der Waals surface area contributed by atoms with Crippen molar-refractivity contribution in [1.29, 1.82) is 0 Å². The Kier molecular flexibility index (Phi) is 5.72. The number of anilines is 1. The van der Waals surface area contributed by atoms with Crippen molar-refractivity contribution in [2.45, 2.75) is 19.0 Å². The van der Waals surface area contributed by atoms with Gasteiger partial charge in [0.05, 0.1) is 18.5 Å². The van der Waals surface area contributed by atoms with Crippen LogP contribution in [0.3, 0.4) is 0 Å². The number of hydrogen-bond acceptors (Lipinski definition) is 4. The summed E-state index contributed by atoms with van der Waals surface area (Å²) < 4.78 is 39.6. The van der Waals surface area contributed by atoms with Crippen LogP contribution in [0, 0.1) is 5.82 Å². The summed E-state index contributed by atoms with van der Waals surface area (Å²) in [6, 6.07) is 14.8. The Morgan fingerprint density at radius 2 is 1.76 bits per heavy atom. The molecule has 1 aliphatic rings. The molecule has 3 rings (SSSR count). The highest BCUT2D eigenvalue weighted by atomic mass is 32.2. The van der Waals surface area contributed by atoms with E-state index in [2.05, 4.69) is 5.32 Å². The molecule has 2 amide bonds. The fourth-order valence-corrected chi connectivity index (χ4v) is 4.21. The monoisotopic (exact) mass is 419 g/mol. The van der Waals surface area contributed by atoms with Crippen LogP contribution in [0.4, 0.5) is 10.1 Å². The second-order valence-electron chi connectivity index (χ2n) is 7.15. The second-order valence-corrected chi connectivity index (χ2v) is 9.14. The van der Waals surface area contributed by atoms with Crippen LogP contribution in [0.1, 0.15) is 12.5 Å². The zero-order valence-electron chi connectivity index (χ0n) is 16.1. The molecule has 2 aromatic rings. The number of benzene rings is 2. The number of carbonyl (C=O) groups excluding carboxylic acids is 2. The molecule has 7 nitrogen and oxygen atoms in total. The van der Waals surface area contributed by atoms with E-state index < -0.39 is 39.7 Å². The lowest BCUT2D eigenvalue weighted by Crippen LogP contribution is -2.70. The summed E-state index contributed by atoms with van der Waals surface area (Å²) in [6.45, 7) is 0.879. The number of halogens is 1. The van der Waals surface area contributed by atoms with Gasteiger partial charge in [-0.15, -0.1) is 0 Å². The lowest BCUT2D eigenvalue weighted by molar-refractivity contribution is -0.133. The van der Waals surface area contributed by atoms with E-state index in [1.165, 1.54) is 25.1 Å². The van der Waals surface area contributed by atoms with Gasteiger partial charge in [-0.25, -0.2) is 12.8 Å². The summed E-state index contributed by atoms with van der Waals surface area (Å²) in [5.74, 6) is -1.92. The summed E-state index contributed by atoms with van der Waals surface area (Å²) in [7, 11) is -3.73. The fourth-order valence-electron chi connectivity index (χ4n) is 3.38. The topological polar surface area (TPSA) is 86.8 Å². The SMILES string of the molecule is C[C@@]1(C(=O)NCc2ccccc2)CN(S(C)(=O)=O)CC(=O)N1c1ccccc1F. The quantitative estimate of drug-likeness (QED) is 0.796. The van der Waals surface area contributed by atoms with Gasteiger partial charge < -0.3 is 5.32 Å². The number of nitrogens with one attached hydrogen (secondary N) is 1. The van der Waals surface area contributed by atoms with E-state index in [9.17, 15) is 22.4 Å². The van der Waals surface area contributed by atoms with Gasteiger partial charge in [0.1, 0.15) is 11.4 Å². The number of amides is 2. The number of hydrogen-bond donors (Lipinski definition) is 1. The summed E-state index contributed by atoms with van der Waals surface area (Å²) in [6.07, 6.45) is 0.974. The summed E-state index contributed by atoms with van der Waals surface area (Å²) in [4.78, 5) is 27.1. The van der Waals surface area contributed by atoms with Crippen LogP contribution in [-0.4, -0.2) is 49.4 Å². The van der Waals surface area contributed by atoms with E-state index in [0.717, 1.165) is 21.0 Å². The Bertz CT molecular complexity index is 1030. The van der Waals surface area contributed by atoms with Crippen molar-refractivity contribution in [2.24, 2.45) is 0 Å². The van der Waals surface area contributed by atoms with Crippen LogP contribution < -0.4 is 10.2 Å². The molecule has 0 radical (unpaired) electrons. The Morgan fingerprint density at radius 3 is 2.38 bits per heavy atom. The van der Waals surface area contributed by atoms with Crippen molar-refractivity contribution in [1.82, 2.24) is 9.62 Å². The molecular weight excluding hydrogens is 397 g/mol. The first kappa shape index (κ1) is 20.9. The fraction of sp³-hybridized carbons (Fsp3) is 0.300. The predicted octanol–water partition coefficient (Wildman–Crippen LogP) is 1.51. The minimum atomic E-state index is -3.73. The highest BCUT2D eigenvalue weighted by Crippen LogP contribution is 2.32. The van der Waals surface area contributed by atoms with Crippen LogP contribution in [0.5, 0.6) is 0 Å². The molecule has 1 saturated heterocycles. The van der Waals surface area contributed by atoms with Crippen molar-refractivity contribution in [2.75, 3.05) is 24.2 Å². The van der Waals surface area contributed by atoms with Crippen LogP contribution >= 0.6 is 0 Å². The van der Waals surface area contributed by atoms with Gasteiger partial charge in [-0.05, 0) is 24.6 Å². The minimum absolute atomic E-state index is 0.0667. The molecule has 2 aromatic carbocycles. The number of rotatable bonds is 5. The van der Waals surface area contributed by atoms with Crippen molar-refractivity contribution in [3.8, 4) is 0 Å². The maximum atomic E-state index is 14.5. The molecule has 1 N–H and O–H groups in total. The number of carbonyl (C=O) groups is 2. The molecule has 1 atom stereocenters. The van der Waals surface area contributed by atoms with Crippen molar-refractivity contribution < 1.29 is 22.4 Å². The third kappa shape index (κ3) is 4.30. The molecule has 0 aromatic heterocycles. The molecule has 0 aliphatic carbocycles. The lowest BCUT2D eigenvalue weighted by atomic mass is 9.94. The zero-order valence-corrected chi connectivity index (χ0v) is 16.9. The van der Waals surface area contributed by atoms with E-state index in [1.807, 2.05) is 30.3 Å². The molecule has 0 saturated carbocycles. The average molecular weight is 419 g/mol. The first-order chi connectivity index (χ1) is 13.6. The summed E-state index contributed by atoms with van der Waals surface area (Å²) in [5.41, 5.74) is -0.859. The van der Waals surface area contributed by atoms with Crippen LogP contribution in [0.25, 0.3) is 0 Å². The average Bonchev–Trinajstić information content (AvgIpc) is 2.67. The second kappa shape index (κ2) is 7.92. The van der Waals surface area contributed by atoms with Gasteiger partial charge in [0.2, 0.25) is 21.8 Å². The van der Waals surface area contributed by atoms with E-state index >= 15 is 0 Å². The third-order valence-corrected chi connectivity index (χ3v) is 6.08. The van der Waals surface area contributed by atoms with E-state index in [-0.39, 0.29) is 18.8 Å². The van der Waals surface area contributed by atoms with Crippen LogP contribution in [0.15, 0.2) is 54.6 Å². The largest absolute Gasteiger partial charge is 0.350 e. The number of sulfonamides is 1. The smallest absolute Gasteiger partial charge is 0.247 e. The highest BCUT2D eigenvalue weighted by Gasteiger charge is 2.50. The van der Waals surface area contributed by atoms with Gasteiger partial charge in [-0.2, -0.15) is 4.31 Å². The number of para-hydroxylation sites is 1. The molecule has 0 spiro atoms. The van der Waals surface area contributed by atoms with E-state index in [4.69, 9.17) is 0 Å². The Balaban J connectivity index is 1.98. The maximum absolute atomic E-state index is 14.5. The first-order valence-corrected chi connectivity index (χ1v) is 10.8. The summed E-state index contributed by atoms with van der Waals surface area (Å²) >= 11 is 0. The number of piperazine rings is 1. The molecule has 154 valence electrons. The minimum Gasteiger partial charge on any atom is -0.350 e. The van der Waals surface area contributed by atoms with Gasteiger partial charge >= 0.3 is 0 Å². The molecule has 1 aliphatic heterocycles. The zero-order chi connectivity index (χ0) is 21.2. The molecule has 0 unspecified atom stereocenters. The highest BCUT2D eigenvalue weighted by molar-refractivity contribution is 7.88. The Hall–Kier alpha value is -2.78. The van der Waals surface area contributed by atoms with Crippen molar-refractivity contribution >= 4 is 27.5 Å².